The normalized spacial score (nSPS) is 10.7. The predicted octanol–water partition coefficient (Wildman–Crippen LogP) is 3.59. The molecule has 0 radical (unpaired) electrons. The third kappa shape index (κ3) is 3.21. The number of rotatable bonds is 4. The van der Waals surface area contributed by atoms with Gasteiger partial charge in [0.15, 0.2) is 0 Å². The summed E-state index contributed by atoms with van der Waals surface area (Å²) in [6.45, 7) is 1.92. The van der Waals surface area contributed by atoms with E-state index in [4.69, 9.17) is 16.3 Å². The molecule has 0 unspecified atom stereocenters. The fourth-order valence-corrected chi connectivity index (χ4v) is 2.77. The highest BCUT2D eigenvalue weighted by Crippen LogP contribution is 2.21. The van der Waals surface area contributed by atoms with Gasteiger partial charge in [-0.2, -0.15) is 0 Å². The highest BCUT2D eigenvalue weighted by molar-refractivity contribution is 6.30. The Morgan fingerprint density at radius 1 is 1.28 bits per heavy atom. The lowest BCUT2D eigenvalue weighted by Crippen LogP contribution is -2.18. The number of imidazole rings is 1. The molecule has 0 aliphatic carbocycles. The van der Waals surface area contributed by atoms with Crippen molar-refractivity contribution in [3.05, 3.63) is 64.6 Å². The molecule has 1 amide bonds. The molecule has 3 rings (SSSR count). The van der Waals surface area contributed by atoms with Crippen molar-refractivity contribution < 1.29 is 14.3 Å². The minimum absolute atomic E-state index is 0.285. The zero-order valence-corrected chi connectivity index (χ0v) is 14.5. The van der Waals surface area contributed by atoms with Crippen LogP contribution < -0.4 is 5.32 Å². The van der Waals surface area contributed by atoms with Crippen LogP contribution >= 0.6 is 11.6 Å². The summed E-state index contributed by atoms with van der Waals surface area (Å²) in [6, 6.07) is 10.1. The number of nitrogens with one attached hydrogen (secondary N) is 1. The van der Waals surface area contributed by atoms with Crippen molar-refractivity contribution in [3.63, 3.8) is 0 Å². The Balaban J connectivity index is 2.03. The third-order valence-electron chi connectivity index (χ3n) is 3.79. The van der Waals surface area contributed by atoms with Crippen molar-refractivity contribution in [3.8, 4) is 0 Å². The Kier molecular flexibility index (Phi) is 4.72. The van der Waals surface area contributed by atoms with Gasteiger partial charge in [-0.15, -0.1) is 0 Å². The molecule has 0 fully saturated rings. The molecule has 0 bridgehead atoms. The maximum absolute atomic E-state index is 12.9. The van der Waals surface area contributed by atoms with Crippen LogP contribution in [0.3, 0.4) is 0 Å². The van der Waals surface area contributed by atoms with Gasteiger partial charge in [-0.05, 0) is 24.6 Å². The number of anilines is 1. The number of nitrogens with zero attached hydrogens (tertiary/aromatic N) is 2. The molecular formula is C18H16ClN3O3. The number of carbonyl (C=O) groups excluding carboxylic acids is 2. The Hall–Kier alpha value is -2.86. The van der Waals surface area contributed by atoms with Gasteiger partial charge in [0.2, 0.25) is 0 Å². The molecule has 0 saturated carbocycles. The predicted molar refractivity (Wildman–Crippen MR) is 95.3 cm³/mol. The Morgan fingerprint density at radius 3 is 2.76 bits per heavy atom. The summed E-state index contributed by atoms with van der Waals surface area (Å²) >= 11 is 6.00. The molecule has 1 aromatic carbocycles. The van der Waals surface area contributed by atoms with Crippen LogP contribution in [0.1, 0.15) is 33.5 Å². The van der Waals surface area contributed by atoms with E-state index in [1.807, 2.05) is 6.92 Å². The maximum Gasteiger partial charge on any atom is 0.339 e. The smallest absolute Gasteiger partial charge is 0.339 e. The van der Waals surface area contributed by atoms with Crippen LogP contribution in [-0.2, 0) is 11.2 Å². The third-order valence-corrected chi connectivity index (χ3v) is 4.03. The van der Waals surface area contributed by atoms with E-state index in [1.165, 1.54) is 7.11 Å². The Bertz CT molecular complexity index is 965. The van der Waals surface area contributed by atoms with Crippen molar-refractivity contribution in [1.29, 1.82) is 0 Å². The van der Waals surface area contributed by atoms with E-state index in [2.05, 4.69) is 10.3 Å². The minimum Gasteiger partial charge on any atom is -0.465 e. The number of benzene rings is 1. The van der Waals surface area contributed by atoms with E-state index in [9.17, 15) is 9.59 Å². The van der Waals surface area contributed by atoms with Gasteiger partial charge in [-0.25, -0.2) is 9.78 Å². The van der Waals surface area contributed by atoms with E-state index in [0.717, 1.165) is 0 Å². The van der Waals surface area contributed by atoms with Crippen molar-refractivity contribution >= 4 is 34.8 Å². The van der Waals surface area contributed by atoms with Crippen LogP contribution in [0.4, 0.5) is 5.69 Å². The molecule has 1 N–H and O–H groups in total. The lowest BCUT2D eigenvalue weighted by atomic mass is 10.1. The number of methoxy groups -OCH3 is 1. The molecule has 3 aromatic rings. The van der Waals surface area contributed by atoms with Crippen LogP contribution in [0.15, 0.2) is 42.6 Å². The zero-order valence-electron chi connectivity index (χ0n) is 13.7. The Labute approximate surface area is 149 Å². The van der Waals surface area contributed by atoms with Crippen molar-refractivity contribution in [2.45, 2.75) is 13.3 Å². The van der Waals surface area contributed by atoms with Gasteiger partial charge in [0.25, 0.3) is 5.91 Å². The largest absolute Gasteiger partial charge is 0.465 e. The number of aromatic nitrogens is 2. The fourth-order valence-electron chi connectivity index (χ4n) is 2.62. The first-order valence-electron chi connectivity index (χ1n) is 7.70. The molecule has 25 heavy (non-hydrogen) atoms. The van der Waals surface area contributed by atoms with Crippen LogP contribution in [0, 0.1) is 0 Å². The first kappa shape index (κ1) is 17.0. The van der Waals surface area contributed by atoms with Crippen LogP contribution in [0.25, 0.3) is 5.65 Å². The second-order valence-corrected chi connectivity index (χ2v) is 5.76. The average molecular weight is 358 g/mol. The number of pyridine rings is 1. The zero-order chi connectivity index (χ0) is 18.0. The number of amides is 1. The number of carbonyl (C=O) groups is 2. The summed E-state index contributed by atoms with van der Waals surface area (Å²) in [4.78, 5) is 29.2. The van der Waals surface area contributed by atoms with E-state index < -0.39 is 5.97 Å². The number of aryl methyl sites for hydroxylation is 1. The summed E-state index contributed by atoms with van der Waals surface area (Å²) in [5.74, 6) is -0.875. The quantitative estimate of drug-likeness (QED) is 0.724. The van der Waals surface area contributed by atoms with Crippen LogP contribution in [0.5, 0.6) is 0 Å². The summed E-state index contributed by atoms with van der Waals surface area (Å²) in [5, 5.41) is 3.32. The monoisotopic (exact) mass is 357 g/mol. The van der Waals surface area contributed by atoms with Crippen LogP contribution in [0.2, 0.25) is 5.02 Å². The van der Waals surface area contributed by atoms with Crippen molar-refractivity contribution in [2.24, 2.45) is 0 Å². The minimum atomic E-state index is -0.517. The number of para-hydroxylation sites is 1. The van der Waals surface area contributed by atoms with Crippen molar-refractivity contribution in [1.82, 2.24) is 9.38 Å². The van der Waals surface area contributed by atoms with Gasteiger partial charge in [-0.3, -0.25) is 9.20 Å². The van der Waals surface area contributed by atoms with Gasteiger partial charge in [0, 0.05) is 17.3 Å². The highest BCUT2D eigenvalue weighted by atomic mass is 35.5. The number of ether oxygens (including phenoxy) is 1. The molecule has 0 atom stereocenters. The Morgan fingerprint density at radius 2 is 2.04 bits per heavy atom. The molecule has 7 heteroatoms. The standard InChI is InChI=1S/C18H16ClN3O3/c1-3-13-16(22-9-8-11(19)10-15(22)20-13)17(23)21-14-7-5-4-6-12(14)18(24)25-2/h4-10H,3H2,1-2H3,(H,21,23). The van der Waals surface area contributed by atoms with Gasteiger partial charge < -0.3 is 10.1 Å². The molecule has 2 aromatic heterocycles. The second-order valence-electron chi connectivity index (χ2n) is 5.33. The van der Waals surface area contributed by atoms with E-state index in [-0.39, 0.29) is 11.5 Å². The highest BCUT2D eigenvalue weighted by Gasteiger charge is 2.20. The molecule has 0 spiro atoms. The number of hydrogen-bond donors (Lipinski definition) is 1. The first-order chi connectivity index (χ1) is 12.0. The molecule has 0 saturated heterocycles. The van der Waals surface area contributed by atoms with Gasteiger partial charge >= 0.3 is 5.97 Å². The van der Waals surface area contributed by atoms with Gasteiger partial charge in [0.05, 0.1) is 24.1 Å². The van der Waals surface area contributed by atoms with E-state index in [0.29, 0.717) is 34.2 Å². The van der Waals surface area contributed by atoms with E-state index in [1.54, 1.807) is 47.0 Å². The van der Waals surface area contributed by atoms with Crippen molar-refractivity contribution in [2.75, 3.05) is 12.4 Å². The number of hydrogen-bond acceptors (Lipinski definition) is 4. The molecule has 0 aliphatic rings. The van der Waals surface area contributed by atoms with Gasteiger partial charge in [0.1, 0.15) is 11.3 Å². The number of halogens is 1. The second kappa shape index (κ2) is 6.94. The average Bonchev–Trinajstić information content (AvgIpc) is 2.99. The summed E-state index contributed by atoms with van der Waals surface area (Å²) in [7, 11) is 1.30. The molecule has 0 aliphatic heterocycles. The van der Waals surface area contributed by atoms with E-state index >= 15 is 0 Å². The first-order valence-corrected chi connectivity index (χ1v) is 8.08. The molecular weight excluding hydrogens is 342 g/mol. The lowest BCUT2D eigenvalue weighted by Gasteiger charge is -2.10. The SMILES string of the molecule is CCc1nc2cc(Cl)ccn2c1C(=O)Nc1ccccc1C(=O)OC. The number of esters is 1. The lowest BCUT2D eigenvalue weighted by molar-refractivity contribution is 0.0602. The molecule has 128 valence electrons. The number of fused-ring (bicyclic) bond motifs is 1. The summed E-state index contributed by atoms with van der Waals surface area (Å²) in [6.07, 6.45) is 2.28. The topological polar surface area (TPSA) is 72.7 Å². The maximum atomic E-state index is 12.9. The summed E-state index contributed by atoms with van der Waals surface area (Å²) < 4.78 is 6.44. The fraction of sp³-hybridized carbons (Fsp3) is 0.167. The van der Waals surface area contributed by atoms with Crippen LogP contribution in [-0.4, -0.2) is 28.4 Å². The molecule has 2 heterocycles. The van der Waals surface area contributed by atoms with Gasteiger partial charge in [-0.1, -0.05) is 30.7 Å². The molecule has 6 nitrogen and oxygen atoms in total. The summed E-state index contributed by atoms with van der Waals surface area (Å²) in [5.41, 5.74) is 2.32.